The Hall–Kier alpha value is -2.83. The fourth-order valence-electron chi connectivity index (χ4n) is 2.80. The van der Waals surface area contributed by atoms with Gasteiger partial charge in [-0.15, -0.1) is 0 Å². The highest BCUT2D eigenvalue weighted by Crippen LogP contribution is 2.32. The van der Waals surface area contributed by atoms with Gasteiger partial charge < -0.3 is 20.3 Å². The largest absolute Gasteiger partial charge is 0.495 e. The van der Waals surface area contributed by atoms with Crippen LogP contribution in [0.2, 0.25) is 0 Å². The van der Waals surface area contributed by atoms with E-state index in [1.165, 1.54) is 6.08 Å². The van der Waals surface area contributed by atoms with Gasteiger partial charge in [0.2, 0.25) is 17.7 Å². The standard InChI is InChI=1S/C19H25N3O4/c1-13(2)10-17(23)20-8-9-21-19(25)14-11-18(24)22(12-14)15-6-4-5-7-16(15)26-3/h4-7,10,14H,8-9,11-12H2,1-3H3,(H,20,23)(H,21,25). The number of nitrogens with one attached hydrogen (secondary N) is 2. The Morgan fingerprint density at radius 1 is 1.23 bits per heavy atom. The summed E-state index contributed by atoms with van der Waals surface area (Å²) in [7, 11) is 1.55. The number of methoxy groups -OCH3 is 1. The summed E-state index contributed by atoms with van der Waals surface area (Å²) in [5.74, 6) is -0.291. The first-order valence-corrected chi connectivity index (χ1v) is 8.56. The maximum absolute atomic E-state index is 12.3. The topological polar surface area (TPSA) is 87.7 Å². The molecular weight excluding hydrogens is 334 g/mol. The average Bonchev–Trinajstić information content (AvgIpc) is 2.99. The van der Waals surface area contributed by atoms with Crippen molar-refractivity contribution in [3.05, 3.63) is 35.9 Å². The van der Waals surface area contributed by atoms with Crippen molar-refractivity contribution < 1.29 is 19.1 Å². The van der Waals surface area contributed by atoms with Gasteiger partial charge >= 0.3 is 0 Å². The maximum atomic E-state index is 12.3. The molecule has 1 atom stereocenters. The summed E-state index contributed by atoms with van der Waals surface area (Å²) in [4.78, 5) is 37.7. The van der Waals surface area contributed by atoms with Crippen LogP contribution in [0, 0.1) is 5.92 Å². The molecule has 0 spiro atoms. The number of allylic oxidation sites excluding steroid dienone is 1. The molecule has 7 nitrogen and oxygen atoms in total. The van der Waals surface area contributed by atoms with Crippen LogP contribution < -0.4 is 20.3 Å². The minimum atomic E-state index is -0.416. The van der Waals surface area contributed by atoms with Crippen LogP contribution in [0.4, 0.5) is 5.69 Å². The van der Waals surface area contributed by atoms with Gasteiger partial charge in [-0.2, -0.15) is 0 Å². The van der Waals surface area contributed by atoms with Crippen molar-refractivity contribution in [3.63, 3.8) is 0 Å². The molecule has 1 aromatic rings. The number of benzene rings is 1. The zero-order valence-electron chi connectivity index (χ0n) is 15.4. The highest BCUT2D eigenvalue weighted by Gasteiger charge is 2.36. The smallest absolute Gasteiger partial charge is 0.243 e. The molecular formula is C19H25N3O4. The molecule has 2 N–H and O–H groups in total. The van der Waals surface area contributed by atoms with Gasteiger partial charge in [-0.3, -0.25) is 14.4 Å². The number of ether oxygens (including phenoxy) is 1. The number of amides is 3. The molecule has 0 aromatic heterocycles. The third-order valence-electron chi connectivity index (χ3n) is 4.02. The van der Waals surface area contributed by atoms with Crippen molar-refractivity contribution in [1.82, 2.24) is 10.6 Å². The molecule has 1 saturated heterocycles. The Balaban J connectivity index is 1.85. The highest BCUT2D eigenvalue weighted by atomic mass is 16.5. The molecule has 0 bridgehead atoms. The number of para-hydroxylation sites is 2. The van der Waals surface area contributed by atoms with Crippen LogP contribution in [0.1, 0.15) is 20.3 Å². The Morgan fingerprint density at radius 3 is 2.62 bits per heavy atom. The van der Waals surface area contributed by atoms with Crippen LogP contribution in [-0.2, 0) is 14.4 Å². The molecule has 1 aliphatic rings. The van der Waals surface area contributed by atoms with E-state index in [2.05, 4.69) is 10.6 Å². The monoisotopic (exact) mass is 359 g/mol. The predicted molar refractivity (Wildman–Crippen MR) is 98.9 cm³/mol. The SMILES string of the molecule is COc1ccccc1N1CC(C(=O)NCCNC(=O)C=C(C)C)CC1=O. The molecule has 0 radical (unpaired) electrons. The van der Waals surface area contributed by atoms with Crippen molar-refractivity contribution in [1.29, 1.82) is 0 Å². The second kappa shape index (κ2) is 9.03. The zero-order chi connectivity index (χ0) is 19.1. The number of nitrogens with zero attached hydrogens (tertiary/aromatic N) is 1. The number of hydrogen-bond acceptors (Lipinski definition) is 4. The molecule has 7 heteroatoms. The Morgan fingerprint density at radius 2 is 1.92 bits per heavy atom. The molecule has 1 aromatic carbocycles. The van der Waals surface area contributed by atoms with E-state index in [4.69, 9.17) is 4.74 Å². The van der Waals surface area contributed by atoms with E-state index < -0.39 is 5.92 Å². The third-order valence-corrected chi connectivity index (χ3v) is 4.02. The van der Waals surface area contributed by atoms with E-state index in [0.29, 0.717) is 31.1 Å². The van der Waals surface area contributed by atoms with Crippen molar-refractivity contribution in [2.24, 2.45) is 5.92 Å². The molecule has 1 fully saturated rings. The number of hydrogen-bond donors (Lipinski definition) is 2. The van der Waals surface area contributed by atoms with E-state index in [9.17, 15) is 14.4 Å². The molecule has 2 rings (SSSR count). The molecule has 1 unspecified atom stereocenters. The predicted octanol–water partition coefficient (Wildman–Crippen LogP) is 1.25. The summed E-state index contributed by atoms with van der Waals surface area (Å²) in [6.07, 6.45) is 1.66. The van der Waals surface area contributed by atoms with Crippen LogP contribution in [0.25, 0.3) is 0 Å². The van der Waals surface area contributed by atoms with Gasteiger partial charge in [-0.05, 0) is 26.0 Å². The van der Waals surface area contributed by atoms with Crippen LogP contribution >= 0.6 is 0 Å². The Bertz CT molecular complexity index is 710. The van der Waals surface area contributed by atoms with E-state index in [0.717, 1.165) is 5.57 Å². The molecule has 1 heterocycles. The molecule has 0 saturated carbocycles. The summed E-state index contributed by atoms with van der Waals surface area (Å²) in [6.45, 7) is 4.65. The molecule has 1 aliphatic heterocycles. The van der Waals surface area contributed by atoms with Gasteiger partial charge in [0.1, 0.15) is 5.75 Å². The fourth-order valence-corrected chi connectivity index (χ4v) is 2.80. The summed E-state index contributed by atoms with van der Waals surface area (Å²) in [5.41, 5.74) is 1.58. The minimum absolute atomic E-state index is 0.105. The number of rotatable bonds is 7. The Labute approximate surface area is 153 Å². The second-order valence-corrected chi connectivity index (χ2v) is 6.38. The van der Waals surface area contributed by atoms with Crippen molar-refractivity contribution in [3.8, 4) is 5.75 Å². The lowest BCUT2D eigenvalue weighted by Crippen LogP contribution is -2.38. The lowest BCUT2D eigenvalue weighted by molar-refractivity contribution is -0.126. The first-order valence-electron chi connectivity index (χ1n) is 8.56. The van der Waals surface area contributed by atoms with Crippen molar-refractivity contribution in [2.45, 2.75) is 20.3 Å². The zero-order valence-corrected chi connectivity index (χ0v) is 15.4. The normalized spacial score (nSPS) is 16.2. The maximum Gasteiger partial charge on any atom is 0.243 e. The quantitative estimate of drug-likeness (QED) is 0.566. The van der Waals surface area contributed by atoms with Gasteiger partial charge in [0, 0.05) is 32.1 Å². The number of anilines is 1. The molecule has 0 aliphatic carbocycles. The third kappa shape index (κ3) is 5.08. The van der Waals surface area contributed by atoms with Gasteiger partial charge in [-0.1, -0.05) is 17.7 Å². The summed E-state index contributed by atoms with van der Waals surface area (Å²) >= 11 is 0. The van der Waals surface area contributed by atoms with Crippen LogP contribution in [0.15, 0.2) is 35.9 Å². The second-order valence-electron chi connectivity index (χ2n) is 6.38. The summed E-state index contributed by atoms with van der Waals surface area (Å²) in [6, 6.07) is 7.24. The first-order chi connectivity index (χ1) is 12.4. The van der Waals surface area contributed by atoms with E-state index in [-0.39, 0.29) is 24.1 Å². The van der Waals surface area contributed by atoms with E-state index in [1.807, 2.05) is 26.0 Å². The van der Waals surface area contributed by atoms with Crippen LogP contribution in [0.3, 0.4) is 0 Å². The van der Waals surface area contributed by atoms with E-state index >= 15 is 0 Å². The van der Waals surface area contributed by atoms with Crippen LogP contribution in [-0.4, -0.2) is 44.5 Å². The van der Waals surface area contributed by atoms with Gasteiger partial charge in [-0.25, -0.2) is 0 Å². The van der Waals surface area contributed by atoms with Crippen molar-refractivity contribution >= 4 is 23.4 Å². The Kier molecular flexibility index (Phi) is 6.77. The molecule has 26 heavy (non-hydrogen) atoms. The summed E-state index contributed by atoms with van der Waals surface area (Å²) < 4.78 is 5.29. The fraction of sp³-hybridized carbons (Fsp3) is 0.421. The van der Waals surface area contributed by atoms with Crippen molar-refractivity contribution in [2.75, 3.05) is 31.6 Å². The first kappa shape index (κ1) is 19.5. The lowest BCUT2D eigenvalue weighted by atomic mass is 10.1. The minimum Gasteiger partial charge on any atom is -0.495 e. The lowest BCUT2D eigenvalue weighted by Gasteiger charge is -2.19. The number of carbonyl (C=O) groups excluding carboxylic acids is 3. The summed E-state index contributed by atoms with van der Waals surface area (Å²) in [5, 5.41) is 5.46. The molecule has 140 valence electrons. The van der Waals surface area contributed by atoms with Gasteiger partial charge in [0.15, 0.2) is 0 Å². The molecule has 3 amide bonds. The van der Waals surface area contributed by atoms with Gasteiger partial charge in [0.05, 0.1) is 18.7 Å². The highest BCUT2D eigenvalue weighted by molar-refractivity contribution is 6.01. The number of carbonyl (C=O) groups is 3. The van der Waals surface area contributed by atoms with Crippen LogP contribution in [0.5, 0.6) is 5.75 Å². The average molecular weight is 359 g/mol. The van der Waals surface area contributed by atoms with Gasteiger partial charge in [0.25, 0.3) is 0 Å². The van der Waals surface area contributed by atoms with E-state index in [1.54, 1.807) is 24.1 Å².